The van der Waals surface area contributed by atoms with Crippen molar-refractivity contribution in [2.24, 2.45) is 5.92 Å². The number of benzene rings is 2. The van der Waals surface area contributed by atoms with Gasteiger partial charge in [-0.25, -0.2) is 13.6 Å². The average Bonchev–Trinajstić information content (AvgIpc) is 2.78. The fraction of sp³-hybridized carbons (Fsp3) is 0.480. The normalized spacial score (nSPS) is 26.2. The summed E-state index contributed by atoms with van der Waals surface area (Å²) < 4.78 is 34.0. The quantitative estimate of drug-likeness (QED) is 0.581. The Hall–Kier alpha value is -2.43. The molecule has 0 bridgehead atoms. The molecule has 3 nitrogen and oxygen atoms in total. The monoisotopic (exact) mass is 413 g/mol. The minimum absolute atomic E-state index is 0.0449. The van der Waals surface area contributed by atoms with Gasteiger partial charge in [0.2, 0.25) is 5.92 Å². The zero-order valence-electron chi connectivity index (χ0n) is 17.2. The van der Waals surface area contributed by atoms with Crippen LogP contribution in [0.4, 0.5) is 13.6 Å². The zero-order chi connectivity index (χ0) is 21.0. The largest absolute Gasteiger partial charge is 0.445 e. The Morgan fingerprint density at radius 3 is 2.43 bits per heavy atom. The van der Waals surface area contributed by atoms with Gasteiger partial charge in [0.25, 0.3) is 0 Å². The van der Waals surface area contributed by atoms with Gasteiger partial charge in [-0.15, -0.1) is 0 Å². The van der Waals surface area contributed by atoms with Crippen molar-refractivity contribution in [3.05, 3.63) is 71.8 Å². The topological polar surface area (TPSA) is 29.5 Å². The molecule has 1 aliphatic heterocycles. The lowest BCUT2D eigenvalue weighted by Crippen LogP contribution is -2.51. The summed E-state index contributed by atoms with van der Waals surface area (Å²) in [5, 5.41) is 0. The first-order valence-electron chi connectivity index (χ1n) is 10.9. The second-order valence-electron chi connectivity index (χ2n) is 8.65. The van der Waals surface area contributed by atoms with Gasteiger partial charge in [-0.05, 0) is 48.6 Å². The van der Waals surface area contributed by atoms with E-state index in [2.05, 4.69) is 12.1 Å². The number of rotatable bonds is 4. The fourth-order valence-electron chi connectivity index (χ4n) is 5.04. The number of halogens is 2. The van der Waals surface area contributed by atoms with Crippen molar-refractivity contribution in [1.82, 2.24) is 4.90 Å². The molecule has 1 aliphatic carbocycles. The molecule has 1 amide bonds. The van der Waals surface area contributed by atoms with Gasteiger partial charge in [-0.3, -0.25) is 0 Å². The highest BCUT2D eigenvalue weighted by atomic mass is 19.3. The Morgan fingerprint density at radius 1 is 1.03 bits per heavy atom. The van der Waals surface area contributed by atoms with Crippen LogP contribution in [0.2, 0.25) is 0 Å². The molecule has 30 heavy (non-hydrogen) atoms. The van der Waals surface area contributed by atoms with Crippen LogP contribution < -0.4 is 0 Å². The minimum atomic E-state index is -2.64. The number of nitrogens with zero attached hydrogens (tertiary/aromatic N) is 1. The highest BCUT2D eigenvalue weighted by Crippen LogP contribution is 2.44. The van der Waals surface area contributed by atoms with E-state index in [0.717, 1.165) is 18.4 Å². The van der Waals surface area contributed by atoms with Crippen molar-refractivity contribution >= 4 is 6.09 Å². The van der Waals surface area contributed by atoms with Crippen LogP contribution in [-0.2, 0) is 11.3 Å². The second-order valence-corrected chi connectivity index (χ2v) is 8.65. The molecule has 0 aromatic heterocycles. The molecule has 0 unspecified atom stereocenters. The third-order valence-electron chi connectivity index (χ3n) is 6.58. The predicted octanol–water partition coefficient (Wildman–Crippen LogP) is 6.40. The molecule has 0 spiro atoms. The molecule has 0 radical (unpaired) electrons. The summed E-state index contributed by atoms with van der Waals surface area (Å²) in [6, 6.07) is 19.5. The Morgan fingerprint density at radius 2 is 1.73 bits per heavy atom. The average molecular weight is 414 g/mol. The highest BCUT2D eigenvalue weighted by molar-refractivity contribution is 5.68. The van der Waals surface area contributed by atoms with E-state index in [4.69, 9.17) is 4.74 Å². The summed E-state index contributed by atoms with van der Waals surface area (Å²) in [4.78, 5) is 14.7. The molecule has 5 heteroatoms. The Labute approximate surface area is 177 Å². The standard InChI is InChI=1S/C25H29F2NO2/c26-25(27)14-7-12-22(17-25)23-16-21(20-10-5-2-6-11-20)13-15-28(23)24(29)30-18-19-8-3-1-4-9-19/h1-6,8-11,21-23H,7,12-18H2/t21-,22+,23+/m1/s1. The SMILES string of the molecule is O=C(OCc1ccccc1)N1CC[C@@H](c2ccccc2)C[C@H]1[C@H]1CCCC(F)(F)C1. The van der Waals surface area contributed by atoms with Crippen LogP contribution >= 0.6 is 0 Å². The van der Waals surface area contributed by atoms with E-state index in [1.54, 1.807) is 4.90 Å². The maximum atomic E-state index is 14.2. The maximum Gasteiger partial charge on any atom is 0.410 e. The first-order valence-corrected chi connectivity index (χ1v) is 10.9. The molecular formula is C25H29F2NO2. The van der Waals surface area contributed by atoms with E-state index >= 15 is 0 Å². The molecule has 2 aromatic rings. The van der Waals surface area contributed by atoms with Gasteiger partial charge in [0.15, 0.2) is 0 Å². The number of carbonyl (C=O) groups excluding carboxylic acids is 1. The van der Waals surface area contributed by atoms with Crippen LogP contribution in [0.5, 0.6) is 0 Å². The van der Waals surface area contributed by atoms with Gasteiger partial charge in [0.1, 0.15) is 6.61 Å². The van der Waals surface area contributed by atoms with E-state index in [0.29, 0.717) is 19.4 Å². The van der Waals surface area contributed by atoms with Gasteiger partial charge < -0.3 is 9.64 Å². The number of likely N-dealkylation sites (tertiary alicyclic amines) is 1. The molecule has 2 aliphatic rings. The Balaban J connectivity index is 1.49. The zero-order valence-corrected chi connectivity index (χ0v) is 17.2. The molecule has 1 heterocycles. The number of piperidine rings is 1. The summed E-state index contributed by atoms with van der Waals surface area (Å²) in [5.74, 6) is -2.54. The smallest absolute Gasteiger partial charge is 0.410 e. The van der Waals surface area contributed by atoms with Crippen molar-refractivity contribution in [2.75, 3.05) is 6.54 Å². The highest BCUT2D eigenvalue weighted by Gasteiger charge is 2.44. The molecule has 2 aromatic carbocycles. The van der Waals surface area contributed by atoms with Crippen LogP contribution in [0.15, 0.2) is 60.7 Å². The molecule has 160 valence electrons. The van der Waals surface area contributed by atoms with E-state index in [1.165, 1.54) is 5.56 Å². The van der Waals surface area contributed by atoms with Crippen LogP contribution in [0, 0.1) is 5.92 Å². The lowest BCUT2D eigenvalue weighted by molar-refractivity contribution is -0.0713. The maximum absolute atomic E-state index is 14.2. The summed E-state index contributed by atoms with van der Waals surface area (Å²) in [5.41, 5.74) is 2.15. The second kappa shape index (κ2) is 9.15. The number of ether oxygens (including phenoxy) is 1. The van der Waals surface area contributed by atoms with Crippen molar-refractivity contribution in [3.63, 3.8) is 0 Å². The van der Waals surface area contributed by atoms with E-state index in [-0.39, 0.29) is 43.4 Å². The number of hydrogen-bond donors (Lipinski definition) is 0. The third kappa shape index (κ3) is 5.00. The number of hydrogen-bond acceptors (Lipinski definition) is 2. The molecule has 2 fully saturated rings. The summed E-state index contributed by atoms with van der Waals surface area (Å²) in [7, 11) is 0. The van der Waals surface area contributed by atoms with E-state index < -0.39 is 5.92 Å². The van der Waals surface area contributed by atoms with Crippen molar-refractivity contribution in [2.45, 2.75) is 63.0 Å². The Kier molecular flexibility index (Phi) is 6.35. The first-order chi connectivity index (χ1) is 14.5. The first kappa shape index (κ1) is 20.8. The van der Waals surface area contributed by atoms with E-state index in [1.807, 2.05) is 48.5 Å². The minimum Gasteiger partial charge on any atom is -0.445 e. The number of carbonyl (C=O) groups is 1. The molecule has 0 N–H and O–H groups in total. The lowest BCUT2D eigenvalue weighted by Gasteiger charge is -2.45. The van der Waals surface area contributed by atoms with Crippen LogP contribution in [-0.4, -0.2) is 29.5 Å². The predicted molar refractivity (Wildman–Crippen MR) is 112 cm³/mol. The van der Waals surface area contributed by atoms with Crippen molar-refractivity contribution in [3.8, 4) is 0 Å². The van der Waals surface area contributed by atoms with Gasteiger partial charge in [0.05, 0.1) is 0 Å². The molecule has 1 saturated carbocycles. The summed E-state index contributed by atoms with van der Waals surface area (Å²) in [6.07, 6.45) is 2.22. The number of alkyl halides is 2. The number of amides is 1. The molecule has 4 rings (SSSR count). The molecule has 1 saturated heterocycles. The van der Waals surface area contributed by atoms with Gasteiger partial charge >= 0.3 is 6.09 Å². The van der Waals surface area contributed by atoms with Crippen LogP contribution in [0.3, 0.4) is 0 Å². The fourth-order valence-corrected chi connectivity index (χ4v) is 5.04. The van der Waals surface area contributed by atoms with Gasteiger partial charge in [-0.1, -0.05) is 60.7 Å². The van der Waals surface area contributed by atoms with Crippen molar-refractivity contribution < 1.29 is 18.3 Å². The molecular weight excluding hydrogens is 384 g/mol. The van der Waals surface area contributed by atoms with Crippen molar-refractivity contribution in [1.29, 1.82) is 0 Å². The summed E-state index contributed by atoms with van der Waals surface area (Å²) >= 11 is 0. The molecule has 3 atom stereocenters. The van der Waals surface area contributed by atoms with Gasteiger partial charge in [0, 0.05) is 25.4 Å². The van der Waals surface area contributed by atoms with E-state index in [9.17, 15) is 13.6 Å². The Bertz CT molecular complexity index is 828. The third-order valence-corrected chi connectivity index (χ3v) is 6.58. The summed E-state index contributed by atoms with van der Waals surface area (Å²) in [6.45, 7) is 0.742. The van der Waals surface area contributed by atoms with Gasteiger partial charge in [-0.2, -0.15) is 0 Å². The van der Waals surface area contributed by atoms with Crippen LogP contribution in [0.1, 0.15) is 55.6 Å². The lowest BCUT2D eigenvalue weighted by atomic mass is 9.74. The van der Waals surface area contributed by atoms with Crippen LogP contribution in [0.25, 0.3) is 0 Å².